The van der Waals surface area contributed by atoms with Gasteiger partial charge in [0.2, 0.25) is 0 Å². The summed E-state index contributed by atoms with van der Waals surface area (Å²) in [5.74, 6) is 0. The van der Waals surface area contributed by atoms with Gasteiger partial charge in [0.1, 0.15) is 0 Å². The van der Waals surface area contributed by atoms with Gasteiger partial charge in [-0.15, -0.1) is 4.33 Å². The fraction of sp³-hybridized carbons (Fsp3) is 0.0909. The quantitative estimate of drug-likeness (QED) is 0.158. The molecule has 3 unspecified atom stereocenters. The topological polar surface area (TPSA) is 181 Å². The maximum absolute atomic E-state index is 12.1. The smallest absolute Gasteiger partial charge is 0.324 e. The molecule has 150 valence electrons. The van der Waals surface area contributed by atoms with Crippen molar-refractivity contribution in [2.75, 3.05) is 11.8 Å². The van der Waals surface area contributed by atoms with E-state index in [9.17, 15) is 23.5 Å². The molecule has 2 aromatic carbocycles. The Labute approximate surface area is 156 Å². The van der Waals surface area contributed by atoms with E-state index < -0.39 is 23.2 Å². The molecule has 0 saturated heterocycles. The molecule has 27 heavy (non-hydrogen) atoms. The van der Waals surface area contributed by atoms with Gasteiger partial charge in [0.25, 0.3) is 0 Å². The summed E-state index contributed by atoms with van der Waals surface area (Å²) in [5.41, 5.74) is 0.0365. The number of fused-ring (bicyclic) bond motifs is 1. The summed E-state index contributed by atoms with van der Waals surface area (Å²) in [6, 6.07) is 9.25. The van der Waals surface area contributed by atoms with Gasteiger partial charge < -0.3 is 14.7 Å². The Morgan fingerprint density at radius 2 is 1.59 bits per heavy atom. The van der Waals surface area contributed by atoms with Crippen LogP contribution in [0, 0.1) is 0 Å². The molecule has 0 heterocycles. The lowest BCUT2D eigenvalue weighted by atomic mass is 10.1. The van der Waals surface area contributed by atoms with Crippen LogP contribution in [0.1, 0.15) is 0 Å². The minimum atomic E-state index is -5.31. The van der Waals surface area contributed by atoms with E-state index in [1.807, 2.05) is 0 Å². The molecule has 0 fully saturated rings. The SMILES string of the molecule is CP(=O)(O)OP(=O)(O)OP(=O)(O)Nc1cccc2c(SOOO)cccc12. The van der Waals surface area contributed by atoms with Gasteiger partial charge in [0, 0.05) is 16.9 Å². The third-order valence-corrected chi connectivity index (χ3v) is 7.70. The van der Waals surface area contributed by atoms with E-state index in [0.717, 1.165) is 0 Å². The van der Waals surface area contributed by atoms with Crippen LogP contribution in [0.5, 0.6) is 0 Å². The molecule has 0 aliphatic rings. The van der Waals surface area contributed by atoms with Gasteiger partial charge in [-0.25, -0.2) is 18.7 Å². The average Bonchev–Trinajstić information content (AvgIpc) is 2.49. The van der Waals surface area contributed by atoms with E-state index in [1.165, 1.54) is 12.1 Å². The molecule has 3 atom stereocenters. The van der Waals surface area contributed by atoms with Crippen molar-refractivity contribution in [1.82, 2.24) is 0 Å². The van der Waals surface area contributed by atoms with Crippen molar-refractivity contribution in [1.29, 1.82) is 0 Å². The van der Waals surface area contributed by atoms with Gasteiger partial charge in [0.15, 0.2) is 0 Å². The number of phosphoric acid groups is 1. The molecule has 0 spiro atoms. The zero-order valence-corrected chi connectivity index (χ0v) is 16.9. The summed E-state index contributed by atoms with van der Waals surface area (Å²) in [4.78, 5) is 28.6. The molecule has 0 aliphatic carbocycles. The van der Waals surface area contributed by atoms with E-state index >= 15 is 0 Å². The highest BCUT2D eigenvalue weighted by atomic mass is 32.2. The molecule has 0 amide bonds. The molecule has 2 aromatic rings. The predicted octanol–water partition coefficient (Wildman–Crippen LogP) is 3.73. The van der Waals surface area contributed by atoms with Crippen molar-refractivity contribution < 1.29 is 51.6 Å². The number of rotatable bonds is 9. The second-order valence-corrected chi connectivity index (χ2v) is 10.8. The number of nitrogens with one attached hydrogen (secondary N) is 1. The number of hydrogen-bond donors (Lipinski definition) is 5. The standard InChI is InChI=1S/C11H14NO11P3S/c1-24(14,15)22-26(18,19)23-25(16,17)12-10-6-2-5-9-8(10)4-3-7-11(9)27-21-20-13/h2-7,13H,1H3,(H,14,15)(H,18,19)(H2,12,16,17). The molecule has 0 aromatic heterocycles. The Morgan fingerprint density at radius 1 is 0.963 bits per heavy atom. The summed E-state index contributed by atoms with van der Waals surface area (Å²) in [6.07, 6.45) is 0. The summed E-state index contributed by atoms with van der Waals surface area (Å²) in [5, 5.41) is 14.7. The number of benzene rings is 2. The highest BCUT2D eigenvalue weighted by molar-refractivity contribution is 7.94. The highest BCUT2D eigenvalue weighted by Crippen LogP contribution is 2.65. The second-order valence-electron chi connectivity index (χ2n) is 4.95. The lowest BCUT2D eigenvalue weighted by Crippen LogP contribution is -2.01. The summed E-state index contributed by atoms with van der Waals surface area (Å²) in [6.45, 7) is 0.608. The van der Waals surface area contributed by atoms with Crippen LogP contribution in [-0.2, 0) is 31.7 Å². The number of anilines is 1. The maximum Gasteiger partial charge on any atom is 0.488 e. The van der Waals surface area contributed by atoms with E-state index in [-0.39, 0.29) is 5.69 Å². The monoisotopic (exact) mass is 461 g/mol. The van der Waals surface area contributed by atoms with Crippen molar-refractivity contribution in [2.24, 2.45) is 0 Å². The van der Waals surface area contributed by atoms with Gasteiger partial charge in [-0.1, -0.05) is 29.3 Å². The van der Waals surface area contributed by atoms with E-state index in [1.54, 1.807) is 24.3 Å². The van der Waals surface area contributed by atoms with E-state index in [0.29, 0.717) is 34.4 Å². The zero-order chi connectivity index (χ0) is 20.3. The molecular weight excluding hydrogens is 447 g/mol. The van der Waals surface area contributed by atoms with E-state index in [2.05, 4.69) is 23.1 Å². The molecule has 16 heteroatoms. The Balaban J connectivity index is 2.31. The fourth-order valence-corrected chi connectivity index (χ4v) is 6.23. The normalized spacial score (nSPS) is 18.4. The fourth-order valence-electron chi connectivity index (χ4n) is 2.02. The molecular formula is C11H14NO11P3S. The van der Waals surface area contributed by atoms with E-state index in [4.69, 9.17) is 10.2 Å². The Bertz CT molecular complexity index is 964. The van der Waals surface area contributed by atoms with Crippen LogP contribution in [0.2, 0.25) is 0 Å². The zero-order valence-electron chi connectivity index (χ0n) is 13.4. The molecule has 0 radical (unpaired) electrons. The summed E-state index contributed by atoms with van der Waals surface area (Å²) in [7, 11) is -14.8. The molecule has 5 N–H and O–H groups in total. The molecule has 0 bridgehead atoms. The van der Waals surface area contributed by atoms with Crippen LogP contribution in [-0.4, -0.2) is 26.6 Å². The van der Waals surface area contributed by atoms with Crippen molar-refractivity contribution >= 4 is 51.7 Å². The van der Waals surface area contributed by atoms with Crippen molar-refractivity contribution in [3.8, 4) is 0 Å². The Kier molecular flexibility index (Phi) is 7.26. The first kappa shape index (κ1) is 22.5. The number of hydrogen-bond acceptors (Lipinski definition) is 9. The first-order valence-electron chi connectivity index (χ1n) is 6.76. The molecule has 2 rings (SSSR count). The van der Waals surface area contributed by atoms with Crippen LogP contribution in [0.4, 0.5) is 5.69 Å². The van der Waals surface area contributed by atoms with Gasteiger partial charge in [-0.2, -0.15) is 4.31 Å². The Morgan fingerprint density at radius 3 is 2.22 bits per heavy atom. The van der Waals surface area contributed by atoms with Crippen molar-refractivity contribution in [3.63, 3.8) is 0 Å². The van der Waals surface area contributed by atoms with Gasteiger partial charge in [0.05, 0.1) is 17.7 Å². The second kappa shape index (κ2) is 8.71. The van der Waals surface area contributed by atoms with Crippen LogP contribution in [0.15, 0.2) is 41.3 Å². The maximum atomic E-state index is 12.1. The minimum absolute atomic E-state index is 0.0365. The van der Waals surface area contributed by atoms with Gasteiger partial charge >= 0.3 is 23.2 Å². The minimum Gasteiger partial charge on any atom is -0.324 e. The van der Waals surface area contributed by atoms with Crippen LogP contribution < -0.4 is 5.09 Å². The first-order valence-corrected chi connectivity index (χ1v) is 12.6. The molecule has 12 nitrogen and oxygen atoms in total. The average molecular weight is 461 g/mol. The lowest BCUT2D eigenvalue weighted by molar-refractivity contribution is -0.432. The predicted molar refractivity (Wildman–Crippen MR) is 95.8 cm³/mol. The van der Waals surface area contributed by atoms with Crippen molar-refractivity contribution in [2.45, 2.75) is 4.90 Å². The van der Waals surface area contributed by atoms with Crippen LogP contribution in [0.3, 0.4) is 0 Å². The van der Waals surface area contributed by atoms with Crippen LogP contribution in [0.25, 0.3) is 10.8 Å². The third kappa shape index (κ3) is 6.95. The highest BCUT2D eigenvalue weighted by Gasteiger charge is 2.38. The molecule has 0 saturated carbocycles. The molecule has 0 aliphatic heterocycles. The summed E-state index contributed by atoms with van der Waals surface area (Å²) < 4.78 is 47.2. The largest absolute Gasteiger partial charge is 0.488 e. The lowest BCUT2D eigenvalue weighted by Gasteiger charge is -2.19. The Hall–Kier alpha value is -0.780. The van der Waals surface area contributed by atoms with Gasteiger partial charge in [-0.05, 0) is 17.5 Å². The van der Waals surface area contributed by atoms with Gasteiger partial charge in [-0.3, -0.25) is 9.65 Å². The van der Waals surface area contributed by atoms with Crippen LogP contribution >= 0.6 is 35.2 Å². The third-order valence-electron chi connectivity index (χ3n) is 2.77. The van der Waals surface area contributed by atoms with Crippen molar-refractivity contribution in [3.05, 3.63) is 36.4 Å². The summed E-state index contributed by atoms with van der Waals surface area (Å²) >= 11 is 0.667. The first-order chi connectivity index (χ1) is 12.4.